The number of nitro benzene ring substituents is 1. The Morgan fingerprint density at radius 1 is 1.31 bits per heavy atom. The molecule has 72 valence electrons. The van der Waals surface area contributed by atoms with E-state index in [0.29, 0.717) is 6.54 Å². The summed E-state index contributed by atoms with van der Waals surface area (Å²) in [6.45, 7) is 0.567. The van der Waals surface area contributed by atoms with Crippen LogP contribution in [0.25, 0.3) is 0 Å². The molecule has 1 rings (SSSR count). The average molecular weight is 183 g/mol. The van der Waals surface area contributed by atoms with E-state index in [0.717, 1.165) is 12.0 Å². The van der Waals surface area contributed by atoms with Crippen LogP contribution in [0.1, 0.15) is 5.56 Å². The Bertz CT molecular complexity index is 271. The zero-order valence-corrected chi connectivity index (χ0v) is 7.27. The van der Waals surface area contributed by atoms with Gasteiger partial charge >= 0.3 is 0 Å². The van der Waals surface area contributed by atoms with Crippen LogP contribution in [-0.4, -0.2) is 11.5 Å². The summed E-state index contributed by atoms with van der Waals surface area (Å²) in [5.41, 5.74) is 6.48. The average Bonchev–Trinajstić information content (AvgIpc) is 2.06. The van der Waals surface area contributed by atoms with E-state index < -0.39 is 4.92 Å². The zero-order valence-electron chi connectivity index (χ0n) is 7.27. The number of nitrogens with zero attached hydrogens (tertiary/aromatic N) is 1. The molecule has 0 heterocycles. The van der Waals surface area contributed by atoms with E-state index in [2.05, 4.69) is 0 Å². The van der Waals surface area contributed by atoms with Gasteiger partial charge in [0.25, 0.3) is 5.69 Å². The monoisotopic (exact) mass is 183 g/mol. The highest BCUT2D eigenvalue weighted by molar-refractivity contribution is 5.32. The molecule has 5 nitrogen and oxygen atoms in total. The Morgan fingerprint density at radius 3 is 2.23 bits per heavy atom. The number of non-ortho nitro benzene ring substituents is 1. The minimum absolute atomic E-state index is 0. The van der Waals surface area contributed by atoms with Gasteiger partial charge in [-0.15, -0.1) is 0 Å². The summed E-state index contributed by atoms with van der Waals surface area (Å²) < 4.78 is 0. The van der Waals surface area contributed by atoms with Crippen molar-refractivity contribution in [1.29, 1.82) is 0 Å². The Morgan fingerprint density at radius 2 is 1.85 bits per heavy atom. The Labute approximate surface area is 76.3 Å². The van der Waals surface area contributed by atoms with Crippen molar-refractivity contribution in [1.82, 2.24) is 6.15 Å². The van der Waals surface area contributed by atoms with E-state index in [1.54, 1.807) is 12.1 Å². The maximum absolute atomic E-state index is 10.3. The molecule has 0 aliphatic carbocycles. The molecule has 13 heavy (non-hydrogen) atoms. The Hall–Kier alpha value is -1.46. The summed E-state index contributed by atoms with van der Waals surface area (Å²) in [5, 5.41) is 10.3. The second kappa shape index (κ2) is 5.23. The van der Waals surface area contributed by atoms with Crippen LogP contribution in [0.5, 0.6) is 0 Å². The summed E-state index contributed by atoms with van der Waals surface area (Å²) in [6.07, 6.45) is 0.762. The first-order valence-corrected chi connectivity index (χ1v) is 3.67. The van der Waals surface area contributed by atoms with Crippen molar-refractivity contribution in [3.05, 3.63) is 39.9 Å². The first-order chi connectivity index (χ1) is 5.74. The molecule has 0 atom stereocenters. The van der Waals surface area contributed by atoms with Gasteiger partial charge in [0, 0.05) is 12.1 Å². The van der Waals surface area contributed by atoms with Gasteiger partial charge < -0.3 is 11.9 Å². The molecule has 5 N–H and O–H groups in total. The van der Waals surface area contributed by atoms with Crippen molar-refractivity contribution >= 4 is 5.69 Å². The van der Waals surface area contributed by atoms with E-state index >= 15 is 0 Å². The number of hydrogen-bond acceptors (Lipinski definition) is 4. The van der Waals surface area contributed by atoms with Crippen LogP contribution < -0.4 is 11.9 Å². The molecule has 1 aromatic carbocycles. The van der Waals surface area contributed by atoms with E-state index in [4.69, 9.17) is 5.73 Å². The molecule has 0 bridgehead atoms. The fourth-order valence-electron chi connectivity index (χ4n) is 0.951. The van der Waals surface area contributed by atoms with Gasteiger partial charge in [-0.1, -0.05) is 12.1 Å². The minimum Gasteiger partial charge on any atom is -0.344 e. The van der Waals surface area contributed by atoms with Crippen LogP contribution in [-0.2, 0) is 6.42 Å². The van der Waals surface area contributed by atoms with Crippen molar-refractivity contribution in [2.75, 3.05) is 6.54 Å². The zero-order chi connectivity index (χ0) is 8.97. The number of nitro groups is 1. The van der Waals surface area contributed by atoms with Crippen molar-refractivity contribution in [2.45, 2.75) is 6.42 Å². The molecule has 0 saturated heterocycles. The summed E-state index contributed by atoms with van der Waals surface area (Å²) in [5.74, 6) is 0. The third kappa shape index (κ3) is 3.18. The van der Waals surface area contributed by atoms with Gasteiger partial charge in [-0.05, 0) is 18.5 Å². The van der Waals surface area contributed by atoms with Crippen LogP contribution in [0, 0.1) is 10.1 Å². The summed E-state index contributed by atoms with van der Waals surface area (Å²) in [4.78, 5) is 9.84. The molecule has 0 aromatic heterocycles. The molecular formula is C8H13N3O2. The van der Waals surface area contributed by atoms with Gasteiger partial charge in [-0.2, -0.15) is 0 Å². The first kappa shape index (κ1) is 11.5. The highest BCUT2D eigenvalue weighted by Gasteiger charge is 2.02. The number of benzene rings is 1. The van der Waals surface area contributed by atoms with E-state index in [-0.39, 0.29) is 11.8 Å². The molecule has 1 aromatic rings. The van der Waals surface area contributed by atoms with Gasteiger partial charge in [-0.25, -0.2) is 0 Å². The third-order valence-corrected chi connectivity index (χ3v) is 1.58. The largest absolute Gasteiger partial charge is 0.344 e. The summed E-state index contributed by atoms with van der Waals surface area (Å²) in [7, 11) is 0. The molecule has 5 heteroatoms. The second-order valence-electron chi connectivity index (χ2n) is 2.46. The number of hydrogen-bond donors (Lipinski definition) is 2. The van der Waals surface area contributed by atoms with Gasteiger partial charge in [0.15, 0.2) is 0 Å². The van der Waals surface area contributed by atoms with Gasteiger partial charge in [-0.3, -0.25) is 10.1 Å². The molecule has 0 aliphatic heterocycles. The Kier molecular flexibility index (Phi) is 4.64. The van der Waals surface area contributed by atoms with Crippen LogP contribution in [0.3, 0.4) is 0 Å². The standard InChI is InChI=1S/C8H10N2O2.H3N/c9-6-5-7-1-3-8(4-2-7)10(11)12;/h1-4H,5-6,9H2;1H3. The second-order valence-corrected chi connectivity index (χ2v) is 2.46. The fraction of sp³-hybridized carbons (Fsp3) is 0.250. The minimum atomic E-state index is -0.410. The molecule has 0 fully saturated rings. The third-order valence-electron chi connectivity index (χ3n) is 1.58. The lowest BCUT2D eigenvalue weighted by Crippen LogP contribution is -2.02. The lowest BCUT2D eigenvalue weighted by Gasteiger charge is -1.96. The van der Waals surface area contributed by atoms with Crippen molar-refractivity contribution in [3.8, 4) is 0 Å². The van der Waals surface area contributed by atoms with Crippen LogP contribution in [0.4, 0.5) is 5.69 Å². The fourth-order valence-corrected chi connectivity index (χ4v) is 0.951. The van der Waals surface area contributed by atoms with Crippen LogP contribution in [0.2, 0.25) is 0 Å². The predicted octanol–water partition coefficient (Wildman–Crippen LogP) is 1.26. The van der Waals surface area contributed by atoms with Crippen LogP contribution >= 0.6 is 0 Å². The molecular weight excluding hydrogens is 170 g/mol. The topological polar surface area (TPSA) is 104 Å². The smallest absolute Gasteiger partial charge is 0.269 e. The molecule has 0 aliphatic rings. The van der Waals surface area contributed by atoms with E-state index in [1.165, 1.54) is 12.1 Å². The van der Waals surface area contributed by atoms with Crippen LogP contribution in [0.15, 0.2) is 24.3 Å². The highest BCUT2D eigenvalue weighted by Crippen LogP contribution is 2.11. The summed E-state index contributed by atoms with van der Waals surface area (Å²) in [6, 6.07) is 6.44. The molecule has 0 spiro atoms. The van der Waals surface area contributed by atoms with Crippen molar-refractivity contribution < 1.29 is 4.92 Å². The maximum atomic E-state index is 10.3. The number of rotatable bonds is 3. The number of nitrogens with two attached hydrogens (primary N) is 1. The molecule has 0 radical (unpaired) electrons. The maximum Gasteiger partial charge on any atom is 0.269 e. The van der Waals surface area contributed by atoms with E-state index in [1.807, 2.05) is 0 Å². The Balaban J connectivity index is 0.00000144. The molecule has 0 amide bonds. The SMILES string of the molecule is N.NCCc1ccc([N+](=O)[O-])cc1. The van der Waals surface area contributed by atoms with Gasteiger partial charge in [0.1, 0.15) is 0 Å². The lowest BCUT2D eigenvalue weighted by atomic mass is 10.1. The van der Waals surface area contributed by atoms with Crippen molar-refractivity contribution in [2.24, 2.45) is 5.73 Å². The summed E-state index contributed by atoms with van der Waals surface area (Å²) >= 11 is 0. The predicted molar refractivity (Wildman–Crippen MR) is 50.9 cm³/mol. The lowest BCUT2D eigenvalue weighted by molar-refractivity contribution is -0.384. The van der Waals surface area contributed by atoms with E-state index in [9.17, 15) is 10.1 Å². The highest BCUT2D eigenvalue weighted by atomic mass is 16.6. The van der Waals surface area contributed by atoms with Gasteiger partial charge in [0.05, 0.1) is 4.92 Å². The quantitative estimate of drug-likeness (QED) is 0.543. The normalized spacial score (nSPS) is 9.00. The molecule has 0 saturated carbocycles. The first-order valence-electron chi connectivity index (χ1n) is 3.67. The van der Waals surface area contributed by atoms with Gasteiger partial charge in [0.2, 0.25) is 0 Å². The van der Waals surface area contributed by atoms with Crippen molar-refractivity contribution in [3.63, 3.8) is 0 Å². The molecule has 0 unspecified atom stereocenters.